The van der Waals surface area contributed by atoms with E-state index >= 15 is 0 Å². The highest BCUT2D eigenvalue weighted by Gasteiger charge is 2.23. The van der Waals surface area contributed by atoms with Crippen molar-refractivity contribution in [3.63, 3.8) is 0 Å². The highest BCUT2D eigenvalue weighted by atomic mass is 16.5. The maximum absolute atomic E-state index is 5.82. The van der Waals surface area contributed by atoms with Crippen molar-refractivity contribution in [2.75, 3.05) is 44.7 Å². The summed E-state index contributed by atoms with van der Waals surface area (Å²) in [5.74, 6) is 1.80. The summed E-state index contributed by atoms with van der Waals surface area (Å²) in [5.41, 5.74) is 5.82. The molecule has 2 rings (SSSR count). The summed E-state index contributed by atoms with van der Waals surface area (Å²) >= 11 is 0. The smallest absolute Gasteiger partial charge is 0.171 e. The lowest BCUT2D eigenvalue weighted by atomic mass is 10.1. The molecule has 2 heterocycles. The average molecular weight is 264 g/mol. The summed E-state index contributed by atoms with van der Waals surface area (Å²) in [7, 11) is 1.69. The minimum atomic E-state index is 0.507. The van der Waals surface area contributed by atoms with E-state index in [0.717, 1.165) is 50.7 Å². The van der Waals surface area contributed by atoms with Crippen molar-refractivity contribution in [1.82, 2.24) is 9.88 Å². The summed E-state index contributed by atoms with van der Waals surface area (Å²) in [5, 5.41) is 0. The van der Waals surface area contributed by atoms with Gasteiger partial charge >= 0.3 is 0 Å². The molecule has 1 unspecified atom stereocenters. The van der Waals surface area contributed by atoms with Gasteiger partial charge in [0.15, 0.2) is 11.6 Å². The standard InChI is InChI=1S/C14H24N4O/c1-3-12(11-15)17-7-9-18(10-8-17)14-13(19-2)5-4-6-16-14/h4-6,12H,3,7-11,15H2,1-2H3. The molecule has 1 fully saturated rings. The van der Waals surface area contributed by atoms with E-state index in [0.29, 0.717) is 6.04 Å². The quantitative estimate of drug-likeness (QED) is 0.858. The summed E-state index contributed by atoms with van der Waals surface area (Å²) in [6.45, 7) is 6.97. The van der Waals surface area contributed by atoms with Crippen LogP contribution in [0.2, 0.25) is 0 Å². The van der Waals surface area contributed by atoms with Crippen LogP contribution in [0.15, 0.2) is 18.3 Å². The van der Waals surface area contributed by atoms with Crippen molar-refractivity contribution < 1.29 is 4.74 Å². The largest absolute Gasteiger partial charge is 0.493 e. The minimum absolute atomic E-state index is 0.507. The number of piperazine rings is 1. The van der Waals surface area contributed by atoms with Gasteiger partial charge in [0.2, 0.25) is 0 Å². The van der Waals surface area contributed by atoms with Gasteiger partial charge in [0.1, 0.15) is 0 Å². The van der Waals surface area contributed by atoms with Crippen molar-refractivity contribution in [3.8, 4) is 5.75 Å². The second-order valence-electron chi connectivity index (χ2n) is 4.85. The van der Waals surface area contributed by atoms with Crippen LogP contribution in [0.3, 0.4) is 0 Å². The van der Waals surface area contributed by atoms with E-state index in [9.17, 15) is 0 Å². The zero-order valence-corrected chi connectivity index (χ0v) is 11.9. The summed E-state index contributed by atoms with van der Waals surface area (Å²) in [4.78, 5) is 9.21. The van der Waals surface area contributed by atoms with Crippen LogP contribution in [0.25, 0.3) is 0 Å². The number of rotatable bonds is 5. The van der Waals surface area contributed by atoms with E-state index in [2.05, 4.69) is 21.7 Å². The van der Waals surface area contributed by atoms with Crippen LogP contribution >= 0.6 is 0 Å². The second kappa shape index (κ2) is 6.73. The molecule has 2 N–H and O–H groups in total. The van der Waals surface area contributed by atoms with E-state index in [4.69, 9.17) is 10.5 Å². The Labute approximate surface area is 115 Å². The van der Waals surface area contributed by atoms with Crippen LogP contribution in [-0.4, -0.2) is 55.8 Å². The minimum Gasteiger partial charge on any atom is -0.493 e. The molecule has 1 aromatic rings. The molecule has 19 heavy (non-hydrogen) atoms. The van der Waals surface area contributed by atoms with Crippen LogP contribution in [0.5, 0.6) is 5.75 Å². The lowest BCUT2D eigenvalue weighted by Crippen LogP contribution is -2.52. The van der Waals surface area contributed by atoms with Crippen molar-refractivity contribution >= 4 is 5.82 Å². The number of pyridine rings is 1. The van der Waals surface area contributed by atoms with E-state index < -0.39 is 0 Å². The maximum atomic E-state index is 5.82. The lowest BCUT2D eigenvalue weighted by Gasteiger charge is -2.39. The number of nitrogens with zero attached hydrogens (tertiary/aromatic N) is 3. The number of ether oxygens (including phenoxy) is 1. The first kappa shape index (κ1) is 14.1. The molecule has 0 aromatic carbocycles. The number of nitrogens with two attached hydrogens (primary N) is 1. The fourth-order valence-electron chi connectivity index (χ4n) is 2.65. The summed E-state index contributed by atoms with van der Waals surface area (Å²) in [6, 6.07) is 4.37. The SMILES string of the molecule is CCC(CN)N1CCN(c2ncccc2OC)CC1. The first-order valence-electron chi connectivity index (χ1n) is 6.98. The molecule has 1 saturated heterocycles. The molecule has 0 bridgehead atoms. The molecule has 5 heteroatoms. The fraction of sp³-hybridized carbons (Fsp3) is 0.643. The Morgan fingerprint density at radius 1 is 1.37 bits per heavy atom. The predicted octanol–water partition coefficient (Wildman–Crippen LogP) is 0.949. The van der Waals surface area contributed by atoms with E-state index in [1.165, 1.54) is 0 Å². The first-order chi connectivity index (χ1) is 9.30. The third-order valence-electron chi connectivity index (χ3n) is 3.84. The lowest BCUT2D eigenvalue weighted by molar-refractivity contribution is 0.184. The van der Waals surface area contributed by atoms with Crippen LogP contribution in [-0.2, 0) is 0 Å². The van der Waals surface area contributed by atoms with Crippen LogP contribution < -0.4 is 15.4 Å². The molecule has 0 radical (unpaired) electrons. The molecule has 0 spiro atoms. The molecule has 1 aromatic heterocycles. The van der Waals surface area contributed by atoms with Gasteiger partial charge in [0, 0.05) is 45.0 Å². The van der Waals surface area contributed by atoms with Crippen molar-refractivity contribution in [2.24, 2.45) is 5.73 Å². The normalized spacial score (nSPS) is 18.4. The van der Waals surface area contributed by atoms with E-state index in [1.807, 2.05) is 18.3 Å². The van der Waals surface area contributed by atoms with Gasteiger partial charge in [-0.25, -0.2) is 4.98 Å². The van der Waals surface area contributed by atoms with Gasteiger partial charge in [0.25, 0.3) is 0 Å². The molecule has 1 aliphatic rings. The number of hydrogen-bond donors (Lipinski definition) is 1. The Kier molecular flexibility index (Phi) is 4.99. The third kappa shape index (κ3) is 3.16. The highest BCUT2D eigenvalue weighted by Crippen LogP contribution is 2.25. The molecule has 1 aliphatic heterocycles. The summed E-state index contributed by atoms with van der Waals surface area (Å²) < 4.78 is 5.38. The number of hydrogen-bond acceptors (Lipinski definition) is 5. The number of methoxy groups -OCH3 is 1. The van der Waals surface area contributed by atoms with Gasteiger partial charge in [0.05, 0.1) is 7.11 Å². The Balaban J connectivity index is 1.99. The molecular weight excluding hydrogens is 240 g/mol. The van der Waals surface area contributed by atoms with Gasteiger partial charge in [-0.2, -0.15) is 0 Å². The first-order valence-corrected chi connectivity index (χ1v) is 6.98. The number of anilines is 1. The molecule has 0 aliphatic carbocycles. The second-order valence-corrected chi connectivity index (χ2v) is 4.85. The zero-order chi connectivity index (χ0) is 13.7. The molecule has 5 nitrogen and oxygen atoms in total. The van der Waals surface area contributed by atoms with Crippen molar-refractivity contribution in [1.29, 1.82) is 0 Å². The Hall–Kier alpha value is -1.33. The van der Waals surface area contributed by atoms with Crippen LogP contribution in [0.1, 0.15) is 13.3 Å². The maximum Gasteiger partial charge on any atom is 0.171 e. The molecule has 0 saturated carbocycles. The van der Waals surface area contributed by atoms with Gasteiger partial charge in [-0.3, -0.25) is 4.90 Å². The van der Waals surface area contributed by atoms with Crippen LogP contribution in [0, 0.1) is 0 Å². The van der Waals surface area contributed by atoms with Crippen LogP contribution in [0.4, 0.5) is 5.82 Å². The van der Waals surface area contributed by atoms with Gasteiger partial charge < -0.3 is 15.4 Å². The molecule has 106 valence electrons. The molecule has 0 amide bonds. The Morgan fingerprint density at radius 2 is 2.11 bits per heavy atom. The van der Waals surface area contributed by atoms with E-state index in [1.54, 1.807) is 7.11 Å². The summed E-state index contributed by atoms with van der Waals surface area (Å²) in [6.07, 6.45) is 2.93. The molecular formula is C14H24N4O. The molecule has 1 atom stereocenters. The zero-order valence-electron chi connectivity index (χ0n) is 11.9. The van der Waals surface area contributed by atoms with Gasteiger partial charge in [-0.1, -0.05) is 6.92 Å². The fourth-order valence-corrected chi connectivity index (χ4v) is 2.65. The van der Waals surface area contributed by atoms with E-state index in [-0.39, 0.29) is 0 Å². The highest BCUT2D eigenvalue weighted by molar-refractivity contribution is 5.52. The monoisotopic (exact) mass is 264 g/mol. The predicted molar refractivity (Wildman–Crippen MR) is 77.7 cm³/mol. The third-order valence-corrected chi connectivity index (χ3v) is 3.84. The topological polar surface area (TPSA) is 54.6 Å². The van der Waals surface area contributed by atoms with Crippen molar-refractivity contribution in [2.45, 2.75) is 19.4 Å². The Bertz CT molecular complexity index is 387. The van der Waals surface area contributed by atoms with Gasteiger partial charge in [-0.05, 0) is 18.6 Å². The van der Waals surface area contributed by atoms with Gasteiger partial charge in [-0.15, -0.1) is 0 Å². The Morgan fingerprint density at radius 3 is 2.68 bits per heavy atom. The van der Waals surface area contributed by atoms with Crippen molar-refractivity contribution in [3.05, 3.63) is 18.3 Å². The average Bonchev–Trinajstić information content (AvgIpc) is 2.49. The number of aromatic nitrogens is 1.